The lowest BCUT2D eigenvalue weighted by Gasteiger charge is -2.32. The number of amides is 2. The molecule has 4 N–H and O–H groups in total. The summed E-state index contributed by atoms with van der Waals surface area (Å²) in [5.74, 6) is -2.83. The fraction of sp³-hybridized carbons (Fsp3) is 0.308. The Morgan fingerprint density at radius 1 is 1.48 bits per heavy atom. The van der Waals surface area contributed by atoms with Crippen molar-refractivity contribution in [3.63, 3.8) is 0 Å². The molecule has 1 saturated heterocycles. The van der Waals surface area contributed by atoms with Crippen LogP contribution in [0, 0.1) is 5.82 Å². The largest absolute Gasteiger partial charge is 0.480 e. The monoisotopic (exact) mass is 295 g/mol. The van der Waals surface area contributed by atoms with Crippen LogP contribution in [0.1, 0.15) is 15.9 Å². The van der Waals surface area contributed by atoms with Gasteiger partial charge < -0.3 is 16.2 Å². The van der Waals surface area contributed by atoms with Crippen molar-refractivity contribution in [3.8, 4) is 0 Å². The fourth-order valence-corrected chi connectivity index (χ4v) is 2.15. The van der Waals surface area contributed by atoms with Crippen LogP contribution in [-0.4, -0.2) is 46.9 Å². The predicted octanol–water partition coefficient (Wildman–Crippen LogP) is -0.690. The molecule has 0 aliphatic carbocycles. The number of hydrogen-bond donors (Lipinski definition) is 3. The maximum atomic E-state index is 13.9. The van der Waals surface area contributed by atoms with Gasteiger partial charge in [0.15, 0.2) is 0 Å². The van der Waals surface area contributed by atoms with E-state index in [1.807, 2.05) is 0 Å². The molecule has 1 heterocycles. The first kappa shape index (κ1) is 14.9. The van der Waals surface area contributed by atoms with Gasteiger partial charge in [-0.15, -0.1) is 0 Å². The number of carbonyl (C=O) groups is 3. The molecule has 1 unspecified atom stereocenters. The molecular formula is C13H14FN3O4. The molecule has 112 valence electrons. The van der Waals surface area contributed by atoms with Gasteiger partial charge in [-0.3, -0.25) is 19.3 Å². The van der Waals surface area contributed by atoms with Crippen molar-refractivity contribution >= 4 is 17.8 Å². The van der Waals surface area contributed by atoms with Crippen LogP contribution in [0.3, 0.4) is 0 Å². The number of nitrogens with zero attached hydrogens (tertiary/aromatic N) is 1. The molecule has 1 fully saturated rings. The van der Waals surface area contributed by atoms with Crippen LogP contribution in [0.5, 0.6) is 0 Å². The lowest BCUT2D eigenvalue weighted by molar-refractivity contribution is -0.146. The molecule has 21 heavy (non-hydrogen) atoms. The van der Waals surface area contributed by atoms with Crippen LogP contribution in [0.25, 0.3) is 0 Å². The van der Waals surface area contributed by atoms with E-state index >= 15 is 0 Å². The normalized spacial score (nSPS) is 19.1. The Morgan fingerprint density at radius 2 is 2.19 bits per heavy atom. The zero-order valence-corrected chi connectivity index (χ0v) is 11.0. The number of benzene rings is 1. The quantitative estimate of drug-likeness (QED) is 0.680. The fourth-order valence-electron chi connectivity index (χ4n) is 2.15. The lowest BCUT2D eigenvalue weighted by Crippen LogP contribution is -2.57. The SMILES string of the molecule is NC(=O)c1ccc(CN2CC(=O)NCC2C(=O)O)c(F)c1. The molecule has 1 atom stereocenters. The smallest absolute Gasteiger partial charge is 0.322 e. The molecule has 1 aromatic rings. The zero-order chi connectivity index (χ0) is 15.6. The second kappa shape index (κ2) is 5.88. The van der Waals surface area contributed by atoms with Gasteiger partial charge in [0.1, 0.15) is 11.9 Å². The van der Waals surface area contributed by atoms with Gasteiger partial charge in [-0.2, -0.15) is 0 Å². The van der Waals surface area contributed by atoms with E-state index in [-0.39, 0.29) is 36.7 Å². The van der Waals surface area contributed by atoms with Crippen molar-refractivity contribution in [3.05, 3.63) is 35.1 Å². The number of carboxylic acid groups (broad SMARTS) is 1. The highest BCUT2D eigenvalue weighted by molar-refractivity contribution is 5.92. The number of piperazine rings is 1. The Kier molecular flexibility index (Phi) is 4.18. The van der Waals surface area contributed by atoms with Crippen LogP contribution in [0.4, 0.5) is 4.39 Å². The molecule has 7 nitrogen and oxygen atoms in total. The molecule has 1 aliphatic rings. The summed E-state index contributed by atoms with van der Waals surface area (Å²) in [5.41, 5.74) is 5.28. The van der Waals surface area contributed by atoms with Crippen molar-refractivity contribution < 1.29 is 23.9 Å². The Morgan fingerprint density at radius 3 is 2.76 bits per heavy atom. The van der Waals surface area contributed by atoms with E-state index in [9.17, 15) is 18.8 Å². The molecule has 0 saturated carbocycles. The minimum atomic E-state index is -1.09. The van der Waals surface area contributed by atoms with Gasteiger partial charge in [-0.05, 0) is 12.1 Å². The molecule has 1 aliphatic heterocycles. The molecular weight excluding hydrogens is 281 g/mol. The number of primary amides is 1. The molecule has 2 rings (SSSR count). The summed E-state index contributed by atoms with van der Waals surface area (Å²) >= 11 is 0. The van der Waals surface area contributed by atoms with E-state index in [4.69, 9.17) is 10.8 Å². The Hall–Kier alpha value is -2.48. The van der Waals surface area contributed by atoms with Crippen LogP contribution >= 0.6 is 0 Å². The number of hydrogen-bond acceptors (Lipinski definition) is 4. The average molecular weight is 295 g/mol. The van der Waals surface area contributed by atoms with Gasteiger partial charge >= 0.3 is 5.97 Å². The minimum absolute atomic E-state index is 0.0300. The van der Waals surface area contributed by atoms with Gasteiger partial charge in [-0.1, -0.05) is 6.07 Å². The molecule has 0 aromatic heterocycles. The molecule has 1 aromatic carbocycles. The first-order valence-electron chi connectivity index (χ1n) is 6.20. The number of nitrogens with two attached hydrogens (primary N) is 1. The highest BCUT2D eigenvalue weighted by Gasteiger charge is 2.32. The van der Waals surface area contributed by atoms with Gasteiger partial charge in [0, 0.05) is 24.2 Å². The molecule has 0 bridgehead atoms. The van der Waals surface area contributed by atoms with E-state index in [0.29, 0.717) is 0 Å². The highest BCUT2D eigenvalue weighted by atomic mass is 19.1. The number of carboxylic acids is 1. The first-order chi connectivity index (χ1) is 9.88. The predicted molar refractivity (Wildman–Crippen MR) is 69.8 cm³/mol. The molecule has 0 spiro atoms. The summed E-state index contributed by atoms with van der Waals surface area (Å²) in [6, 6.07) is 2.80. The Balaban J connectivity index is 2.20. The third kappa shape index (κ3) is 3.34. The van der Waals surface area contributed by atoms with Crippen molar-refractivity contribution in [1.82, 2.24) is 10.2 Å². The van der Waals surface area contributed by atoms with E-state index in [0.717, 1.165) is 6.07 Å². The highest BCUT2D eigenvalue weighted by Crippen LogP contribution is 2.16. The summed E-state index contributed by atoms with van der Waals surface area (Å²) < 4.78 is 13.9. The first-order valence-corrected chi connectivity index (χ1v) is 6.20. The van der Waals surface area contributed by atoms with Gasteiger partial charge in [0.2, 0.25) is 11.8 Å². The standard InChI is InChI=1S/C13H14FN3O4/c14-9-3-7(12(15)19)1-2-8(9)5-17-6-11(18)16-4-10(17)13(20)21/h1-3,10H,4-6H2,(H2,15,19)(H,16,18)(H,20,21). The van der Waals surface area contributed by atoms with Crippen LogP contribution in [-0.2, 0) is 16.1 Å². The third-order valence-corrected chi connectivity index (χ3v) is 3.28. The number of aliphatic carboxylic acids is 1. The summed E-state index contributed by atoms with van der Waals surface area (Å²) in [6.45, 7) is -0.210. The number of carbonyl (C=O) groups excluding carboxylic acids is 2. The van der Waals surface area contributed by atoms with Crippen molar-refractivity contribution in [2.45, 2.75) is 12.6 Å². The zero-order valence-electron chi connectivity index (χ0n) is 11.0. The maximum Gasteiger partial charge on any atom is 0.322 e. The van der Waals surface area contributed by atoms with Crippen LogP contribution < -0.4 is 11.1 Å². The summed E-state index contributed by atoms with van der Waals surface area (Å²) in [7, 11) is 0. The Bertz CT molecular complexity index is 605. The van der Waals surface area contributed by atoms with Crippen molar-refractivity contribution in [2.24, 2.45) is 5.73 Å². The molecule has 2 amide bonds. The number of rotatable bonds is 4. The molecule has 0 radical (unpaired) electrons. The lowest BCUT2D eigenvalue weighted by atomic mass is 10.1. The number of halogens is 1. The van der Waals surface area contributed by atoms with Crippen LogP contribution in [0.2, 0.25) is 0 Å². The molecule has 8 heteroatoms. The average Bonchev–Trinajstić information content (AvgIpc) is 2.40. The minimum Gasteiger partial charge on any atom is -0.480 e. The van der Waals surface area contributed by atoms with Gasteiger partial charge in [0.25, 0.3) is 0 Å². The summed E-state index contributed by atoms with van der Waals surface area (Å²) in [6.07, 6.45) is 0. The van der Waals surface area contributed by atoms with E-state index < -0.39 is 23.7 Å². The summed E-state index contributed by atoms with van der Waals surface area (Å²) in [5, 5.41) is 11.6. The Labute approximate surface area is 119 Å². The van der Waals surface area contributed by atoms with Crippen molar-refractivity contribution in [1.29, 1.82) is 0 Å². The second-order valence-electron chi connectivity index (χ2n) is 4.73. The van der Waals surface area contributed by atoms with Crippen LogP contribution in [0.15, 0.2) is 18.2 Å². The third-order valence-electron chi connectivity index (χ3n) is 3.28. The van der Waals surface area contributed by atoms with E-state index in [2.05, 4.69) is 5.32 Å². The van der Waals surface area contributed by atoms with E-state index in [1.165, 1.54) is 17.0 Å². The topological polar surface area (TPSA) is 113 Å². The summed E-state index contributed by atoms with van der Waals surface area (Å²) in [4.78, 5) is 34.8. The van der Waals surface area contributed by atoms with Crippen molar-refractivity contribution in [2.75, 3.05) is 13.1 Å². The second-order valence-corrected chi connectivity index (χ2v) is 4.73. The maximum absolute atomic E-state index is 13.9. The van der Waals surface area contributed by atoms with Gasteiger partial charge in [-0.25, -0.2) is 4.39 Å². The van der Waals surface area contributed by atoms with Gasteiger partial charge in [0.05, 0.1) is 6.54 Å². The number of nitrogens with one attached hydrogen (secondary N) is 1. The van der Waals surface area contributed by atoms with E-state index in [1.54, 1.807) is 0 Å².